The molecule has 0 saturated heterocycles. The van der Waals surface area contributed by atoms with Gasteiger partial charge < -0.3 is 9.84 Å². The van der Waals surface area contributed by atoms with Crippen LogP contribution in [-0.2, 0) is 22.5 Å². The van der Waals surface area contributed by atoms with Gasteiger partial charge in [0.05, 0.1) is 25.3 Å². The Morgan fingerprint density at radius 1 is 1.56 bits per heavy atom. The molecule has 0 unspecified atom stereocenters. The molecule has 1 N–H and O–H groups in total. The van der Waals surface area contributed by atoms with Crippen molar-refractivity contribution >= 4 is 5.97 Å². The zero-order valence-corrected chi connectivity index (χ0v) is 9.05. The third-order valence-electron chi connectivity index (χ3n) is 2.02. The molecule has 0 aromatic carbocycles. The minimum Gasteiger partial charge on any atom is -0.481 e. The minimum absolute atomic E-state index is 0.00941. The Hall–Kier alpha value is -1.69. The van der Waals surface area contributed by atoms with Gasteiger partial charge in [-0.3, -0.25) is 9.59 Å². The van der Waals surface area contributed by atoms with Crippen molar-refractivity contribution in [2.45, 2.75) is 19.4 Å². The van der Waals surface area contributed by atoms with Crippen molar-refractivity contribution in [2.24, 2.45) is 0 Å². The normalized spacial score (nSPS) is 10.3. The predicted octanol–water partition coefficient (Wildman–Crippen LogP) is -0.0931. The fraction of sp³-hybridized carbons (Fsp3) is 0.500. The molecule has 0 fully saturated rings. The number of hydrogen-bond acceptors (Lipinski definition) is 4. The largest absolute Gasteiger partial charge is 0.481 e. The first-order chi connectivity index (χ1) is 7.63. The molecular weight excluding hydrogens is 212 g/mol. The summed E-state index contributed by atoms with van der Waals surface area (Å²) >= 11 is 0. The molecule has 6 nitrogen and oxygen atoms in total. The molecule has 88 valence electrons. The number of aryl methyl sites for hydroxylation is 1. The number of nitrogens with zero attached hydrogens (tertiary/aromatic N) is 2. The van der Waals surface area contributed by atoms with Crippen LogP contribution < -0.4 is 5.56 Å². The lowest BCUT2D eigenvalue weighted by Crippen LogP contribution is -2.25. The number of methoxy groups -OCH3 is 1. The summed E-state index contributed by atoms with van der Waals surface area (Å²) in [6, 6.07) is 2.94. The lowest BCUT2D eigenvalue weighted by molar-refractivity contribution is -0.136. The first kappa shape index (κ1) is 12.4. The van der Waals surface area contributed by atoms with Gasteiger partial charge in [0, 0.05) is 19.6 Å². The van der Waals surface area contributed by atoms with E-state index in [1.54, 1.807) is 13.2 Å². The highest BCUT2D eigenvalue weighted by atomic mass is 16.5. The van der Waals surface area contributed by atoms with Crippen molar-refractivity contribution in [2.75, 3.05) is 13.7 Å². The third kappa shape index (κ3) is 3.82. The lowest BCUT2D eigenvalue weighted by Gasteiger charge is -2.05. The van der Waals surface area contributed by atoms with Gasteiger partial charge in [0.2, 0.25) is 0 Å². The summed E-state index contributed by atoms with van der Waals surface area (Å²) in [5.41, 5.74) is 0.384. The van der Waals surface area contributed by atoms with Crippen molar-refractivity contribution in [1.29, 1.82) is 0 Å². The summed E-state index contributed by atoms with van der Waals surface area (Å²) in [6.45, 7) is 0.769. The van der Waals surface area contributed by atoms with Crippen LogP contribution >= 0.6 is 0 Å². The Balaban J connectivity index is 2.72. The first-order valence-corrected chi connectivity index (χ1v) is 4.91. The number of rotatable bonds is 6. The van der Waals surface area contributed by atoms with Crippen LogP contribution in [0.25, 0.3) is 0 Å². The van der Waals surface area contributed by atoms with E-state index in [2.05, 4.69) is 5.10 Å². The SMILES string of the molecule is COCCn1nc(CCC(=O)O)ccc1=O. The molecule has 1 aromatic heterocycles. The van der Waals surface area contributed by atoms with Gasteiger partial charge in [-0.1, -0.05) is 0 Å². The molecule has 1 aromatic rings. The Labute approximate surface area is 92.5 Å². The van der Waals surface area contributed by atoms with Gasteiger partial charge in [0.1, 0.15) is 0 Å². The molecule has 0 spiro atoms. The summed E-state index contributed by atoms with van der Waals surface area (Å²) < 4.78 is 6.12. The van der Waals surface area contributed by atoms with Gasteiger partial charge in [-0.25, -0.2) is 4.68 Å². The van der Waals surface area contributed by atoms with Crippen LogP contribution in [0.5, 0.6) is 0 Å². The predicted molar refractivity (Wildman–Crippen MR) is 56.3 cm³/mol. The van der Waals surface area contributed by atoms with E-state index in [0.717, 1.165) is 0 Å². The fourth-order valence-electron chi connectivity index (χ4n) is 1.20. The average Bonchev–Trinajstić information content (AvgIpc) is 2.26. The monoisotopic (exact) mass is 226 g/mol. The van der Waals surface area contributed by atoms with Crippen LogP contribution in [0.1, 0.15) is 12.1 Å². The molecule has 0 aliphatic heterocycles. The van der Waals surface area contributed by atoms with Gasteiger partial charge in [0.15, 0.2) is 0 Å². The zero-order chi connectivity index (χ0) is 12.0. The van der Waals surface area contributed by atoms with Crippen molar-refractivity contribution in [3.8, 4) is 0 Å². The van der Waals surface area contributed by atoms with Crippen LogP contribution in [-0.4, -0.2) is 34.6 Å². The van der Waals surface area contributed by atoms with E-state index in [1.807, 2.05) is 0 Å². The maximum absolute atomic E-state index is 11.3. The summed E-state index contributed by atoms with van der Waals surface area (Å²) in [5.74, 6) is -0.878. The van der Waals surface area contributed by atoms with Crippen molar-refractivity contribution in [3.05, 3.63) is 28.2 Å². The van der Waals surface area contributed by atoms with Gasteiger partial charge in [-0.2, -0.15) is 5.10 Å². The molecule has 1 rings (SSSR count). The first-order valence-electron chi connectivity index (χ1n) is 4.91. The number of carbonyl (C=O) groups is 1. The molecule has 0 bridgehead atoms. The number of aliphatic carboxylic acids is 1. The highest BCUT2D eigenvalue weighted by molar-refractivity contribution is 5.66. The Bertz CT molecular complexity index is 414. The van der Waals surface area contributed by atoms with Crippen LogP contribution in [0.4, 0.5) is 0 Å². The Kier molecular flexibility index (Phi) is 4.65. The molecule has 1 heterocycles. The second-order valence-electron chi connectivity index (χ2n) is 3.27. The number of aromatic nitrogens is 2. The second-order valence-corrected chi connectivity index (χ2v) is 3.27. The van der Waals surface area contributed by atoms with E-state index in [4.69, 9.17) is 9.84 Å². The van der Waals surface area contributed by atoms with Gasteiger partial charge in [-0.15, -0.1) is 0 Å². The molecule has 0 aliphatic carbocycles. The smallest absolute Gasteiger partial charge is 0.303 e. The third-order valence-corrected chi connectivity index (χ3v) is 2.02. The molecule has 0 aliphatic rings. The molecule has 0 atom stereocenters. The maximum Gasteiger partial charge on any atom is 0.303 e. The average molecular weight is 226 g/mol. The second kappa shape index (κ2) is 6.02. The van der Waals surface area contributed by atoms with Crippen LogP contribution in [0.15, 0.2) is 16.9 Å². The van der Waals surface area contributed by atoms with E-state index >= 15 is 0 Å². The lowest BCUT2D eigenvalue weighted by atomic mass is 10.2. The number of carboxylic acid groups (broad SMARTS) is 1. The molecule has 6 heteroatoms. The standard InChI is InChI=1S/C10H14N2O4/c1-16-7-6-12-9(13)4-2-8(11-12)3-5-10(14)15/h2,4H,3,5-7H2,1H3,(H,14,15). The van der Waals surface area contributed by atoms with Crippen LogP contribution in [0.3, 0.4) is 0 Å². The molecule has 0 radical (unpaired) electrons. The Morgan fingerprint density at radius 2 is 2.31 bits per heavy atom. The Morgan fingerprint density at radius 3 is 2.94 bits per heavy atom. The van der Waals surface area contributed by atoms with Crippen molar-refractivity contribution < 1.29 is 14.6 Å². The molecule has 0 amide bonds. The number of ether oxygens (including phenoxy) is 1. The van der Waals surface area contributed by atoms with E-state index in [-0.39, 0.29) is 12.0 Å². The highest BCUT2D eigenvalue weighted by Crippen LogP contribution is 1.96. The summed E-state index contributed by atoms with van der Waals surface area (Å²) in [5, 5.41) is 12.6. The van der Waals surface area contributed by atoms with Crippen LogP contribution in [0.2, 0.25) is 0 Å². The van der Waals surface area contributed by atoms with E-state index in [0.29, 0.717) is 25.3 Å². The van der Waals surface area contributed by atoms with E-state index in [9.17, 15) is 9.59 Å². The van der Waals surface area contributed by atoms with Gasteiger partial charge in [0.25, 0.3) is 5.56 Å². The van der Waals surface area contributed by atoms with Crippen molar-refractivity contribution in [3.63, 3.8) is 0 Å². The van der Waals surface area contributed by atoms with Crippen molar-refractivity contribution in [1.82, 2.24) is 9.78 Å². The zero-order valence-electron chi connectivity index (χ0n) is 9.05. The highest BCUT2D eigenvalue weighted by Gasteiger charge is 2.03. The van der Waals surface area contributed by atoms with Gasteiger partial charge in [-0.05, 0) is 6.07 Å². The minimum atomic E-state index is -0.878. The van der Waals surface area contributed by atoms with E-state index in [1.165, 1.54) is 10.7 Å². The summed E-state index contributed by atoms with van der Waals surface area (Å²) in [7, 11) is 1.54. The summed E-state index contributed by atoms with van der Waals surface area (Å²) in [4.78, 5) is 21.7. The molecule has 16 heavy (non-hydrogen) atoms. The number of hydrogen-bond donors (Lipinski definition) is 1. The molecular formula is C10H14N2O4. The number of carboxylic acids is 1. The maximum atomic E-state index is 11.3. The fourth-order valence-corrected chi connectivity index (χ4v) is 1.20. The molecule has 0 saturated carbocycles. The van der Waals surface area contributed by atoms with Gasteiger partial charge >= 0.3 is 5.97 Å². The quantitative estimate of drug-likeness (QED) is 0.733. The topological polar surface area (TPSA) is 81.4 Å². The summed E-state index contributed by atoms with van der Waals surface area (Å²) in [6.07, 6.45) is 0.331. The van der Waals surface area contributed by atoms with Crippen LogP contribution in [0, 0.1) is 0 Å². The van der Waals surface area contributed by atoms with E-state index < -0.39 is 5.97 Å².